The van der Waals surface area contributed by atoms with Crippen LogP contribution in [0.2, 0.25) is 0 Å². The molecule has 0 radical (unpaired) electrons. The predicted octanol–water partition coefficient (Wildman–Crippen LogP) is 6.19. The molecule has 12 heteroatoms. The minimum absolute atomic E-state index is 0.103. The van der Waals surface area contributed by atoms with E-state index in [4.69, 9.17) is 4.74 Å². The number of hydrogen-bond acceptors (Lipinski definition) is 4. The summed E-state index contributed by atoms with van der Waals surface area (Å²) in [5.74, 6) is -1.28. The summed E-state index contributed by atoms with van der Waals surface area (Å²) >= 11 is 0. The molecule has 41 heavy (non-hydrogen) atoms. The summed E-state index contributed by atoms with van der Waals surface area (Å²) in [7, 11) is -4.71. The summed E-state index contributed by atoms with van der Waals surface area (Å²) in [6.07, 6.45) is 1.21. The molecule has 2 N–H and O–H groups in total. The molecule has 0 bridgehead atoms. The maximum atomic E-state index is 15.8. The second-order valence-electron chi connectivity index (χ2n) is 12.2. The maximum Gasteiger partial charge on any atom is 0.417 e. The van der Waals surface area contributed by atoms with Gasteiger partial charge in [0, 0.05) is 42.6 Å². The molecule has 1 aromatic heterocycles. The molecule has 7 nitrogen and oxygen atoms in total. The van der Waals surface area contributed by atoms with E-state index in [1.165, 1.54) is 26.8 Å². The molecule has 0 unspecified atom stereocenters. The van der Waals surface area contributed by atoms with Gasteiger partial charge in [-0.2, -0.15) is 13.2 Å². The Labute approximate surface area is 239 Å². The van der Waals surface area contributed by atoms with Crippen molar-refractivity contribution in [3.63, 3.8) is 0 Å². The van der Waals surface area contributed by atoms with E-state index in [1.807, 2.05) is 0 Å². The van der Waals surface area contributed by atoms with Gasteiger partial charge in [0.05, 0.1) is 21.7 Å². The largest absolute Gasteiger partial charge is 0.417 e. The van der Waals surface area contributed by atoms with Gasteiger partial charge in [0.25, 0.3) is 5.91 Å². The van der Waals surface area contributed by atoms with E-state index >= 15 is 4.39 Å². The highest BCUT2D eigenvalue weighted by Gasteiger charge is 2.40. The number of ether oxygens (including phenoxy) is 1. The lowest BCUT2D eigenvalue weighted by atomic mass is 9.89. The Balaban J connectivity index is 1.84. The standard InChI is InChI=1S/C29H39F4N3O4S/c1-18-21(27(37)34-20-10-12-40-13-11-20)15-25(36(18)17-19-8-6-5-7-9-19)22-14-23(29(31,32)33)26(16-24(22)30)41(38,39)35-28(2,3)4/h14-16,19-20,35H,5-13,17H2,1-4H3,(H,34,37). The highest BCUT2D eigenvalue weighted by molar-refractivity contribution is 7.89. The van der Waals surface area contributed by atoms with E-state index in [0.29, 0.717) is 50.4 Å². The van der Waals surface area contributed by atoms with Crippen LogP contribution in [0.1, 0.15) is 87.3 Å². The van der Waals surface area contributed by atoms with Crippen molar-refractivity contribution >= 4 is 15.9 Å². The molecular formula is C29H39F4N3O4S. The molecule has 0 atom stereocenters. The molecule has 228 valence electrons. The van der Waals surface area contributed by atoms with Gasteiger partial charge in [-0.25, -0.2) is 17.5 Å². The van der Waals surface area contributed by atoms with Crippen LogP contribution >= 0.6 is 0 Å². The van der Waals surface area contributed by atoms with Gasteiger partial charge in [0.2, 0.25) is 10.0 Å². The van der Waals surface area contributed by atoms with E-state index in [1.54, 1.807) is 11.5 Å². The van der Waals surface area contributed by atoms with Crippen molar-refractivity contribution in [2.75, 3.05) is 13.2 Å². The molecule has 2 aromatic rings. The number of aromatic nitrogens is 1. The highest BCUT2D eigenvalue weighted by atomic mass is 32.2. The number of carbonyl (C=O) groups is 1. The summed E-state index contributed by atoms with van der Waals surface area (Å²) in [5.41, 5.74) is -2.08. The smallest absolute Gasteiger partial charge is 0.381 e. The third kappa shape index (κ3) is 7.50. The van der Waals surface area contributed by atoms with E-state index in [9.17, 15) is 26.4 Å². The van der Waals surface area contributed by atoms with Gasteiger partial charge in [-0.05, 0) is 77.5 Å². The van der Waals surface area contributed by atoms with Gasteiger partial charge in [0.15, 0.2) is 0 Å². The quantitative estimate of drug-likeness (QED) is 0.371. The van der Waals surface area contributed by atoms with Gasteiger partial charge in [-0.1, -0.05) is 19.3 Å². The van der Waals surface area contributed by atoms with Crippen LogP contribution < -0.4 is 10.0 Å². The first-order valence-electron chi connectivity index (χ1n) is 14.1. The van der Waals surface area contributed by atoms with Gasteiger partial charge < -0.3 is 14.6 Å². The summed E-state index contributed by atoms with van der Waals surface area (Å²) < 4.78 is 93.7. The molecule has 1 aromatic carbocycles. The van der Waals surface area contributed by atoms with Crippen molar-refractivity contribution in [2.24, 2.45) is 5.92 Å². The molecule has 4 rings (SSSR count). The van der Waals surface area contributed by atoms with Gasteiger partial charge in [-0.3, -0.25) is 4.79 Å². The van der Waals surface area contributed by atoms with Gasteiger partial charge >= 0.3 is 6.18 Å². The fourth-order valence-electron chi connectivity index (χ4n) is 5.72. The van der Waals surface area contributed by atoms with Crippen LogP contribution in [0.3, 0.4) is 0 Å². The number of carbonyl (C=O) groups excluding carboxylic acids is 1. The van der Waals surface area contributed by atoms with Crippen LogP contribution in [0.25, 0.3) is 11.3 Å². The van der Waals surface area contributed by atoms with E-state index in [2.05, 4.69) is 10.0 Å². The van der Waals surface area contributed by atoms with Crippen molar-refractivity contribution in [3.8, 4) is 11.3 Å². The zero-order valence-corrected chi connectivity index (χ0v) is 24.8. The lowest BCUT2D eigenvalue weighted by molar-refractivity contribution is -0.139. The molecule has 2 heterocycles. The van der Waals surface area contributed by atoms with Crippen LogP contribution in [-0.4, -0.2) is 43.7 Å². The number of hydrogen-bond donors (Lipinski definition) is 2. The molecule has 1 amide bonds. The van der Waals surface area contributed by atoms with Crippen molar-refractivity contribution in [1.29, 1.82) is 0 Å². The lowest BCUT2D eigenvalue weighted by Gasteiger charge is -2.25. The maximum absolute atomic E-state index is 15.8. The number of amides is 1. The number of nitrogens with one attached hydrogen (secondary N) is 2. The van der Waals surface area contributed by atoms with Crippen LogP contribution in [-0.2, 0) is 27.5 Å². The molecular weight excluding hydrogens is 562 g/mol. The minimum Gasteiger partial charge on any atom is -0.381 e. The summed E-state index contributed by atoms with van der Waals surface area (Å²) in [4.78, 5) is 12.1. The third-order valence-corrected chi connectivity index (χ3v) is 9.51. The van der Waals surface area contributed by atoms with Crippen LogP contribution in [0.4, 0.5) is 17.6 Å². The first-order valence-corrected chi connectivity index (χ1v) is 15.6. The summed E-state index contributed by atoms with van der Waals surface area (Å²) in [5, 5.41) is 2.98. The van der Waals surface area contributed by atoms with E-state index < -0.39 is 43.6 Å². The molecule has 1 aliphatic heterocycles. The molecule has 1 saturated carbocycles. The average Bonchev–Trinajstić information content (AvgIpc) is 3.18. The van der Waals surface area contributed by atoms with Crippen molar-refractivity contribution in [1.82, 2.24) is 14.6 Å². The normalized spacial score (nSPS) is 18.0. The fourth-order valence-corrected chi connectivity index (χ4v) is 7.36. The fraction of sp³-hybridized carbons (Fsp3) is 0.621. The third-order valence-electron chi connectivity index (χ3n) is 7.71. The predicted molar refractivity (Wildman–Crippen MR) is 148 cm³/mol. The minimum atomic E-state index is -5.08. The van der Waals surface area contributed by atoms with Crippen molar-refractivity contribution in [2.45, 2.75) is 102 Å². The molecule has 2 fully saturated rings. The van der Waals surface area contributed by atoms with Crippen LogP contribution in [0.15, 0.2) is 23.1 Å². The number of rotatable bonds is 7. The lowest BCUT2D eigenvalue weighted by Crippen LogP contribution is -2.41. The second kappa shape index (κ2) is 12.0. The highest BCUT2D eigenvalue weighted by Crippen LogP contribution is 2.40. The van der Waals surface area contributed by atoms with Crippen LogP contribution in [0, 0.1) is 18.7 Å². The van der Waals surface area contributed by atoms with Crippen molar-refractivity contribution < 1.29 is 35.5 Å². The SMILES string of the molecule is Cc1c(C(=O)NC2CCOCC2)cc(-c2cc(C(F)(F)F)c(S(=O)(=O)NC(C)(C)C)cc2F)n1CC1CCCCC1. The summed E-state index contributed by atoms with van der Waals surface area (Å²) in [6.45, 7) is 7.60. The second-order valence-corrected chi connectivity index (χ2v) is 13.8. The van der Waals surface area contributed by atoms with Gasteiger partial charge in [0.1, 0.15) is 5.82 Å². The number of alkyl halides is 3. The topological polar surface area (TPSA) is 89.4 Å². The summed E-state index contributed by atoms with van der Waals surface area (Å²) in [6, 6.07) is 2.31. The molecule has 0 spiro atoms. The number of sulfonamides is 1. The first kappa shape index (κ1) is 31.5. The molecule has 2 aliphatic rings. The van der Waals surface area contributed by atoms with Crippen LogP contribution in [0.5, 0.6) is 0 Å². The Bertz CT molecular complexity index is 1370. The monoisotopic (exact) mass is 601 g/mol. The molecule has 1 aliphatic carbocycles. The van der Waals surface area contributed by atoms with E-state index in [-0.39, 0.29) is 29.1 Å². The van der Waals surface area contributed by atoms with Gasteiger partial charge in [-0.15, -0.1) is 0 Å². The Morgan fingerprint density at radius 2 is 1.66 bits per heavy atom. The zero-order valence-electron chi connectivity index (χ0n) is 24.0. The Hall–Kier alpha value is -2.44. The van der Waals surface area contributed by atoms with Crippen molar-refractivity contribution in [3.05, 3.63) is 40.8 Å². The Kier molecular flexibility index (Phi) is 9.25. The average molecular weight is 602 g/mol. The number of nitrogens with zero attached hydrogens (tertiary/aromatic N) is 1. The van der Waals surface area contributed by atoms with E-state index in [0.717, 1.165) is 32.1 Å². The Morgan fingerprint density at radius 1 is 1.02 bits per heavy atom. The number of benzene rings is 1. The first-order chi connectivity index (χ1) is 19.1. The number of halogens is 4. The zero-order chi connectivity index (χ0) is 30.2. The Morgan fingerprint density at radius 3 is 2.24 bits per heavy atom. The molecule has 1 saturated heterocycles.